The minimum absolute atomic E-state index is 0.182. The maximum atomic E-state index is 12.4. The van der Waals surface area contributed by atoms with Crippen molar-refractivity contribution in [3.05, 3.63) is 54.5 Å². The van der Waals surface area contributed by atoms with Crippen molar-refractivity contribution in [1.82, 2.24) is 9.62 Å². The number of hydrogen-bond donors (Lipinski definition) is 2. The van der Waals surface area contributed by atoms with Crippen LogP contribution in [-0.2, 0) is 26.1 Å². The molecular weight excluding hydrogens is 453 g/mol. The van der Waals surface area contributed by atoms with Crippen LogP contribution < -0.4 is 4.72 Å². The molecule has 2 N–H and O–H groups in total. The average molecular weight is 476 g/mol. The first-order valence-electron chi connectivity index (χ1n) is 9.77. The van der Waals surface area contributed by atoms with Crippen molar-refractivity contribution in [1.29, 1.82) is 0 Å². The Bertz CT molecular complexity index is 983. The van der Waals surface area contributed by atoms with Crippen LogP contribution in [0.5, 0.6) is 0 Å². The van der Waals surface area contributed by atoms with Gasteiger partial charge >= 0.3 is 12.1 Å². The van der Waals surface area contributed by atoms with Gasteiger partial charge in [0.25, 0.3) is 0 Å². The van der Waals surface area contributed by atoms with Gasteiger partial charge in [-0.1, -0.05) is 18.2 Å². The highest BCUT2D eigenvalue weighted by Crippen LogP contribution is 2.34. The summed E-state index contributed by atoms with van der Waals surface area (Å²) in [7, 11) is -3.47. The van der Waals surface area contributed by atoms with Crippen LogP contribution in [0.3, 0.4) is 0 Å². The molecule has 1 aromatic heterocycles. The third-order valence-corrected chi connectivity index (χ3v) is 6.75. The maximum absolute atomic E-state index is 12.4. The molecule has 4 rings (SSSR count). The predicted molar refractivity (Wildman–Crippen MR) is 106 cm³/mol. The van der Waals surface area contributed by atoms with Gasteiger partial charge in [-0.15, -0.1) is 0 Å². The van der Waals surface area contributed by atoms with Crippen LogP contribution in [0, 0.1) is 11.8 Å². The van der Waals surface area contributed by atoms with E-state index >= 15 is 0 Å². The Kier molecular flexibility index (Phi) is 7.59. The number of ether oxygens (including phenoxy) is 1. The second-order valence-corrected chi connectivity index (χ2v) is 9.30. The monoisotopic (exact) mass is 476 g/mol. The molecule has 3 atom stereocenters. The largest absolute Gasteiger partial charge is 0.490 e. The number of hydrogen-bond acceptors (Lipinski definition) is 6. The van der Waals surface area contributed by atoms with Gasteiger partial charge in [0.15, 0.2) is 0 Å². The Morgan fingerprint density at radius 3 is 2.44 bits per heavy atom. The first kappa shape index (κ1) is 24.2. The molecule has 0 unspecified atom stereocenters. The third-order valence-electron chi connectivity index (χ3n) is 5.31. The fraction of sp³-hybridized carbons (Fsp3) is 0.450. The highest BCUT2D eigenvalue weighted by atomic mass is 32.2. The zero-order chi connectivity index (χ0) is 23.4. The van der Waals surface area contributed by atoms with Crippen LogP contribution in [0.4, 0.5) is 13.2 Å². The molecule has 0 spiro atoms. The molecule has 3 heterocycles. The zero-order valence-corrected chi connectivity index (χ0v) is 17.7. The van der Waals surface area contributed by atoms with Gasteiger partial charge in [0, 0.05) is 31.5 Å². The van der Waals surface area contributed by atoms with Crippen LogP contribution in [0.2, 0.25) is 0 Å². The van der Waals surface area contributed by atoms with E-state index in [4.69, 9.17) is 19.1 Å². The molecule has 0 bridgehead atoms. The van der Waals surface area contributed by atoms with Crippen molar-refractivity contribution >= 4 is 16.0 Å². The summed E-state index contributed by atoms with van der Waals surface area (Å²) in [5, 5.41) is 7.12. The van der Waals surface area contributed by atoms with Crippen LogP contribution in [0.1, 0.15) is 5.76 Å². The fourth-order valence-electron chi connectivity index (χ4n) is 3.74. The highest BCUT2D eigenvalue weighted by molar-refractivity contribution is 7.89. The summed E-state index contributed by atoms with van der Waals surface area (Å²) in [6, 6.07) is 12.3. The third kappa shape index (κ3) is 6.31. The Labute approximate surface area is 183 Å². The van der Waals surface area contributed by atoms with Crippen molar-refractivity contribution in [2.75, 3.05) is 26.2 Å². The molecule has 0 radical (unpaired) electrons. The zero-order valence-electron chi connectivity index (χ0n) is 16.9. The van der Waals surface area contributed by atoms with Crippen molar-refractivity contribution in [3.8, 4) is 0 Å². The Morgan fingerprint density at radius 1 is 1.16 bits per heavy atom. The van der Waals surface area contributed by atoms with Crippen molar-refractivity contribution < 1.29 is 40.6 Å². The summed E-state index contributed by atoms with van der Waals surface area (Å²) < 4.78 is 70.6. The van der Waals surface area contributed by atoms with E-state index in [2.05, 4.69) is 9.62 Å². The van der Waals surface area contributed by atoms with E-state index in [1.165, 1.54) is 0 Å². The van der Waals surface area contributed by atoms with Crippen molar-refractivity contribution in [2.45, 2.75) is 23.7 Å². The van der Waals surface area contributed by atoms with Gasteiger partial charge in [-0.3, -0.25) is 4.90 Å². The van der Waals surface area contributed by atoms with Crippen LogP contribution >= 0.6 is 0 Å². The summed E-state index contributed by atoms with van der Waals surface area (Å²) in [4.78, 5) is 11.5. The number of halogens is 3. The van der Waals surface area contributed by atoms with Gasteiger partial charge in [0.1, 0.15) is 5.76 Å². The van der Waals surface area contributed by atoms with E-state index < -0.39 is 22.2 Å². The lowest BCUT2D eigenvalue weighted by atomic mass is 9.93. The second-order valence-electron chi connectivity index (χ2n) is 7.54. The van der Waals surface area contributed by atoms with E-state index in [0.29, 0.717) is 24.0 Å². The molecule has 1 aromatic carbocycles. The topological polar surface area (TPSA) is 109 Å². The fourth-order valence-corrected chi connectivity index (χ4v) is 4.86. The number of likely N-dealkylation sites (tertiary alicyclic amines) is 1. The summed E-state index contributed by atoms with van der Waals surface area (Å²) in [6.07, 6.45) is -3.22. The molecule has 0 amide bonds. The molecule has 0 aliphatic carbocycles. The predicted octanol–water partition coefficient (Wildman–Crippen LogP) is 2.34. The Hall–Kier alpha value is -2.41. The number of aliphatic carboxylic acids is 1. The van der Waals surface area contributed by atoms with Gasteiger partial charge in [-0.2, -0.15) is 13.2 Å². The molecule has 32 heavy (non-hydrogen) atoms. The number of carbonyl (C=O) groups is 1. The molecular formula is C20H23F3N2O6S. The number of alkyl halides is 3. The quantitative estimate of drug-likeness (QED) is 0.659. The van der Waals surface area contributed by atoms with Crippen LogP contribution in [0.25, 0.3) is 0 Å². The maximum Gasteiger partial charge on any atom is 0.490 e. The smallest absolute Gasteiger partial charge is 0.475 e. The van der Waals surface area contributed by atoms with Gasteiger partial charge in [0.2, 0.25) is 10.0 Å². The number of furan rings is 1. The summed E-state index contributed by atoms with van der Waals surface area (Å²) in [5.74, 6) is -1.26. The van der Waals surface area contributed by atoms with Gasteiger partial charge < -0.3 is 14.3 Å². The van der Waals surface area contributed by atoms with E-state index in [1.54, 1.807) is 36.6 Å². The lowest BCUT2D eigenvalue weighted by molar-refractivity contribution is -0.192. The SMILES string of the molecule is O=C(O)C(F)(F)F.O=S(=O)(NC[C@H]1CO[C@@H]2CN(Cc3ccco3)C[C@H]12)c1ccccc1. The van der Waals surface area contributed by atoms with Gasteiger partial charge in [0.05, 0.1) is 30.4 Å². The minimum atomic E-state index is -5.08. The lowest BCUT2D eigenvalue weighted by Crippen LogP contribution is -2.34. The number of nitrogens with one attached hydrogen (secondary N) is 1. The molecule has 2 fully saturated rings. The summed E-state index contributed by atoms with van der Waals surface area (Å²) in [5.41, 5.74) is 0. The number of sulfonamides is 1. The average Bonchev–Trinajstić information content (AvgIpc) is 3.46. The number of carboxylic acid groups (broad SMARTS) is 1. The van der Waals surface area contributed by atoms with Crippen molar-refractivity contribution in [3.63, 3.8) is 0 Å². The number of rotatable bonds is 6. The molecule has 8 nitrogen and oxygen atoms in total. The molecule has 2 saturated heterocycles. The Balaban J connectivity index is 0.000000360. The molecule has 0 saturated carbocycles. The Morgan fingerprint density at radius 2 is 1.84 bits per heavy atom. The lowest BCUT2D eigenvalue weighted by Gasteiger charge is -2.19. The normalized spacial score (nSPS) is 23.4. The number of nitrogens with zero attached hydrogens (tertiary/aromatic N) is 1. The minimum Gasteiger partial charge on any atom is -0.475 e. The molecule has 2 aliphatic rings. The number of carboxylic acids is 1. The van der Waals surface area contributed by atoms with Crippen LogP contribution in [-0.4, -0.2) is 62.9 Å². The molecule has 12 heteroatoms. The first-order chi connectivity index (χ1) is 15.1. The van der Waals surface area contributed by atoms with E-state index in [0.717, 1.165) is 25.4 Å². The van der Waals surface area contributed by atoms with E-state index in [9.17, 15) is 21.6 Å². The molecule has 2 aromatic rings. The van der Waals surface area contributed by atoms with Gasteiger partial charge in [-0.05, 0) is 24.3 Å². The second kappa shape index (κ2) is 10.0. The summed E-state index contributed by atoms with van der Waals surface area (Å²) in [6.45, 7) is 3.57. The molecule has 176 valence electrons. The molecule has 2 aliphatic heterocycles. The number of fused-ring (bicyclic) bond motifs is 1. The van der Waals surface area contributed by atoms with Gasteiger partial charge in [-0.25, -0.2) is 17.9 Å². The highest BCUT2D eigenvalue weighted by Gasteiger charge is 2.44. The van der Waals surface area contributed by atoms with Crippen molar-refractivity contribution in [2.24, 2.45) is 11.8 Å². The number of benzene rings is 1. The first-order valence-corrected chi connectivity index (χ1v) is 11.3. The summed E-state index contributed by atoms with van der Waals surface area (Å²) >= 11 is 0. The van der Waals surface area contributed by atoms with Crippen LogP contribution in [0.15, 0.2) is 58.0 Å². The standard InChI is InChI=1S/C18H22N2O4S.C2HF3O2/c21-25(22,16-6-2-1-3-7-16)19-9-14-13-24-18-12-20(11-17(14)18)10-15-5-4-8-23-15;3-2(4,5)1(6)7/h1-8,14,17-19H,9-13H2;(H,6,7)/t14-,17+,18+;/m0./s1. The van der Waals surface area contributed by atoms with E-state index in [-0.39, 0.29) is 12.0 Å². The van der Waals surface area contributed by atoms with E-state index in [1.807, 2.05) is 12.1 Å².